The maximum absolute atomic E-state index is 12.4. The quantitative estimate of drug-likeness (QED) is 0.505. The number of carbonyl (C=O) groups is 2. The highest BCUT2D eigenvalue weighted by Crippen LogP contribution is 2.30. The van der Waals surface area contributed by atoms with Crippen LogP contribution in [0.4, 0.5) is 0 Å². The fourth-order valence-electron chi connectivity index (χ4n) is 2.39. The van der Waals surface area contributed by atoms with Gasteiger partial charge in [-0.2, -0.15) is 0 Å². The molecule has 0 aromatic rings. The molecule has 4 nitrogen and oxygen atoms in total. The number of rotatable bonds is 8. The van der Waals surface area contributed by atoms with Crippen LogP contribution in [-0.2, 0) is 19.1 Å². The smallest absolute Gasteiger partial charge is 0.320 e. The summed E-state index contributed by atoms with van der Waals surface area (Å²) in [6, 6.07) is 0. The molecule has 0 saturated carbocycles. The topological polar surface area (TPSA) is 52.6 Å². The Labute approximate surface area is 129 Å². The van der Waals surface area contributed by atoms with Crippen LogP contribution < -0.4 is 0 Å². The molecule has 4 heteroatoms. The lowest BCUT2D eigenvalue weighted by molar-refractivity contribution is -0.170. The van der Waals surface area contributed by atoms with Gasteiger partial charge >= 0.3 is 11.9 Å². The highest BCUT2D eigenvalue weighted by molar-refractivity contribution is 5.95. The highest BCUT2D eigenvalue weighted by atomic mass is 16.6. The minimum Gasteiger partial charge on any atom is -0.462 e. The zero-order chi connectivity index (χ0) is 16.7. The highest BCUT2D eigenvalue weighted by Gasteiger charge is 2.40. The van der Waals surface area contributed by atoms with Crippen molar-refractivity contribution < 1.29 is 19.1 Å². The van der Waals surface area contributed by atoms with Crippen LogP contribution >= 0.6 is 0 Å². The molecule has 0 aliphatic rings. The van der Waals surface area contributed by atoms with E-state index in [-0.39, 0.29) is 24.0 Å². The van der Waals surface area contributed by atoms with E-state index in [0.29, 0.717) is 5.92 Å². The number of esters is 2. The van der Waals surface area contributed by atoms with E-state index in [1.165, 1.54) is 0 Å². The first-order valence-electron chi connectivity index (χ1n) is 7.97. The molecule has 0 bridgehead atoms. The molecule has 124 valence electrons. The maximum atomic E-state index is 12.4. The molecule has 0 aromatic carbocycles. The molecule has 0 radical (unpaired) electrons. The first-order valence-corrected chi connectivity index (χ1v) is 7.97. The Balaban J connectivity index is 5.32. The van der Waals surface area contributed by atoms with Gasteiger partial charge in [-0.25, -0.2) is 0 Å². The minimum absolute atomic E-state index is 0.0671. The van der Waals surface area contributed by atoms with Crippen molar-refractivity contribution in [2.75, 3.05) is 0 Å². The average molecular weight is 300 g/mol. The zero-order valence-electron chi connectivity index (χ0n) is 14.8. The molecule has 0 aromatic heterocycles. The van der Waals surface area contributed by atoms with Crippen molar-refractivity contribution >= 4 is 11.9 Å². The summed E-state index contributed by atoms with van der Waals surface area (Å²) in [7, 11) is 0. The van der Waals surface area contributed by atoms with Gasteiger partial charge in [0, 0.05) is 0 Å². The number of ether oxygens (including phenoxy) is 2. The van der Waals surface area contributed by atoms with E-state index in [2.05, 4.69) is 13.8 Å². The van der Waals surface area contributed by atoms with Crippen LogP contribution in [0.1, 0.15) is 61.8 Å². The molecule has 0 amide bonds. The average Bonchev–Trinajstić information content (AvgIpc) is 2.24. The molecule has 1 unspecified atom stereocenters. The normalized spacial score (nSPS) is 13.4. The first-order chi connectivity index (χ1) is 9.56. The predicted octanol–water partition coefficient (Wildman–Crippen LogP) is 3.82. The van der Waals surface area contributed by atoms with Crippen LogP contribution in [0.5, 0.6) is 0 Å². The van der Waals surface area contributed by atoms with Crippen LogP contribution in [0.2, 0.25) is 0 Å². The van der Waals surface area contributed by atoms with Crippen molar-refractivity contribution in [1.29, 1.82) is 0 Å². The van der Waals surface area contributed by atoms with E-state index in [1.807, 2.05) is 13.8 Å². The molecule has 0 heterocycles. The molecular weight excluding hydrogens is 268 g/mol. The minimum atomic E-state index is -0.836. The second kappa shape index (κ2) is 9.06. The second-order valence-electron chi connectivity index (χ2n) is 6.99. The van der Waals surface area contributed by atoms with Crippen LogP contribution in [0.15, 0.2) is 0 Å². The van der Waals surface area contributed by atoms with Crippen molar-refractivity contribution in [2.45, 2.75) is 74.0 Å². The van der Waals surface area contributed by atoms with Gasteiger partial charge in [-0.1, -0.05) is 27.7 Å². The second-order valence-corrected chi connectivity index (χ2v) is 6.99. The van der Waals surface area contributed by atoms with Crippen LogP contribution in [0.25, 0.3) is 0 Å². The van der Waals surface area contributed by atoms with Crippen molar-refractivity contribution in [3.63, 3.8) is 0 Å². The fraction of sp³-hybridized carbons (Fsp3) is 0.882. The van der Waals surface area contributed by atoms with Gasteiger partial charge in [-0.05, 0) is 51.9 Å². The Morgan fingerprint density at radius 1 is 0.762 bits per heavy atom. The van der Waals surface area contributed by atoms with Crippen LogP contribution in [-0.4, -0.2) is 24.1 Å². The molecule has 1 atom stereocenters. The number of hydrogen-bond acceptors (Lipinski definition) is 4. The third-order valence-electron chi connectivity index (χ3n) is 3.24. The lowest BCUT2D eigenvalue weighted by Crippen LogP contribution is -2.39. The summed E-state index contributed by atoms with van der Waals surface area (Å²) in [5.74, 6) is -1.22. The summed E-state index contributed by atoms with van der Waals surface area (Å²) in [5.41, 5.74) is 0. The van der Waals surface area contributed by atoms with Gasteiger partial charge in [0.15, 0.2) is 5.92 Å². The molecule has 0 aliphatic carbocycles. The van der Waals surface area contributed by atoms with E-state index in [0.717, 1.165) is 6.42 Å². The third-order valence-corrected chi connectivity index (χ3v) is 3.24. The Morgan fingerprint density at radius 3 is 1.38 bits per heavy atom. The molecule has 0 aliphatic heterocycles. The Bertz CT molecular complexity index is 310. The zero-order valence-corrected chi connectivity index (χ0v) is 14.8. The first kappa shape index (κ1) is 19.9. The summed E-state index contributed by atoms with van der Waals surface area (Å²) in [6.07, 6.45) is 0.320. The van der Waals surface area contributed by atoms with Gasteiger partial charge < -0.3 is 9.47 Å². The van der Waals surface area contributed by atoms with E-state index in [1.54, 1.807) is 27.7 Å². The maximum Gasteiger partial charge on any atom is 0.320 e. The largest absolute Gasteiger partial charge is 0.462 e. The fourth-order valence-corrected chi connectivity index (χ4v) is 2.39. The van der Waals surface area contributed by atoms with Crippen molar-refractivity contribution in [3.05, 3.63) is 0 Å². The van der Waals surface area contributed by atoms with Gasteiger partial charge in [0.2, 0.25) is 0 Å². The molecular formula is C17H32O4. The molecule has 0 spiro atoms. The molecule has 0 rings (SSSR count). The Hall–Kier alpha value is -1.06. The van der Waals surface area contributed by atoms with Crippen molar-refractivity contribution in [1.82, 2.24) is 0 Å². The molecule has 0 fully saturated rings. The summed E-state index contributed by atoms with van der Waals surface area (Å²) in [5, 5.41) is 0. The van der Waals surface area contributed by atoms with Crippen molar-refractivity contribution in [3.8, 4) is 0 Å². The predicted molar refractivity (Wildman–Crippen MR) is 83.7 cm³/mol. The van der Waals surface area contributed by atoms with Gasteiger partial charge in [-0.15, -0.1) is 0 Å². The van der Waals surface area contributed by atoms with E-state index >= 15 is 0 Å². The number of hydrogen-bond donors (Lipinski definition) is 0. The third kappa shape index (κ3) is 7.49. The Kier molecular flexibility index (Phi) is 8.60. The van der Waals surface area contributed by atoms with E-state index < -0.39 is 17.9 Å². The molecule has 21 heavy (non-hydrogen) atoms. The van der Waals surface area contributed by atoms with E-state index in [4.69, 9.17) is 9.47 Å². The van der Waals surface area contributed by atoms with Gasteiger partial charge in [0.05, 0.1) is 12.2 Å². The monoisotopic (exact) mass is 300 g/mol. The SMILES string of the molecule is CC(C)CC(C(C)C)C(C(=O)OC(C)C)C(=O)OC(C)C. The lowest BCUT2D eigenvalue weighted by atomic mass is 9.78. The van der Waals surface area contributed by atoms with Crippen LogP contribution in [0, 0.1) is 23.7 Å². The summed E-state index contributed by atoms with van der Waals surface area (Å²) < 4.78 is 10.6. The van der Waals surface area contributed by atoms with Gasteiger partial charge in [-0.3, -0.25) is 9.59 Å². The molecule has 0 saturated heterocycles. The standard InChI is InChI=1S/C17H32O4/c1-10(2)9-14(11(3)4)15(16(18)20-12(5)6)17(19)21-13(7)8/h10-15H,9H2,1-8H3. The summed E-state index contributed by atoms with van der Waals surface area (Å²) >= 11 is 0. The molecule has 0 N–H and O–H groups in total. The van der Waals surface area contributed by atoms with Crippen molar-refractivity contribution in [2.24, 2.45) is 23.7 Å². The lowest BCUT2D eigenvalue weighted by Gasteiger charge is -2.29. The van der Waals surface area contributed by atoms with E-state index in [9.17, 15) is 9.59 Å². The van der Waals surface area contributed by atoms with Gasteiger partial charge in [0.25, 0.3) is 0 Å². The van der Waals surface area contributed by atoms with Gasteiger partial charge in [0.1, 0.15) is 0 Å². The Morgan fingerprint density at radius 2 is 1.14 bits per heavy atom. The summed E-state index contributed by atoms with van der Waals surface area (Å²) in [4.78, 5) is 24.8. The number of carbonyl (C=O) groups excluding carboxylic acids is 2. The summed E-state index contributed by atoms with van der Waals surface area (Å²) in [6.45, 7) is 15.4. The van der Waals surface area contributed by atoms with Crippen LogP contribution in [0.3, 0.4) is 0 Å².